The molecule has 1 atom stereocenters. The van der Waals surface area contributed by atoms with E-state index in [-0.39, 0.29) is 12.9 Å². The summed E-state index contributed by atoms with van der Waals surface area (Å²) in [4.78, 5) is 0. The van der Waals surface area contributed by atoms with E-state index in [9.17, 15) is 0 Å². The van der Waals surface area contributed by atoms with Crippen LogP contribution in [0.4, 0.5) is 0 Å². The Morgan fingerprint density at radius 3 is 2.93 bits per heavy atom. The third-order valence-corrected chi connectivity index (χ3v) is 2.48. The predicted octanol–water partition coefficient (Wildman–Crippen LogP) is 2.25. The number of unbranched alkanes of at least 4 members (excludes halogenated alkanes) is 2. The maximum Gasteiger partial charge on any atom is 0.157 e. The minimum atomic E-state index is 0.0479. The van der Waals surface area contributed by atoms with Crippen molar-refractivity contribution in [1.82, 2.24) is 0 Å². The van der Waals surface area contributed by atoms with Crippen LogP contribution in [0, 0.1) is 0 Å². The second kappa shape index (κ2) is 8.89. The molecule has 1 rings (SSSR count). The van der Waals surface area contributed by atoms with E-state index in [1.165, 1.54) is 12.8 Å². The summed E-state index contributed by atoms with van der Waals surface area (Å²) in [6.45, 7) is 1.79. The van der Waals surface area contributed by atoms with Gasteiger partial charge in [0.1, 0.15) is 0 Å². The fourth-order valence-electron chi connectivity index (χ4n) is 1.61. The normalized spacial score (nSPS) is 22.3. The van der Waals surface area contributed by atoms with Gasteiger partial charge in [0.15, 0.2) is 6.29 Å². The largest absolute Gasteiger partial charge is 0.392 e. The Morgan fingerprint density at radius 2 is 2.20 bits per heavy atom. The quantitative estimate of drug-likeness (QED) is 0.522. The van der Waals surface area contributed by atoms with E-state index in [0.29, 0.717) is 0 Å². The highest BCUT2D eigenvalue weighted by atomic mass is 16.7. The van der Waals surface area contributed by atoms with Gasteiger partial charge in [-0.2, -0.15) is 0 Å². The van der Waals surface area contributed by atoms with E-state index in [1.807, 2.05) is 6.08 Å². The lowest BCUT2D eigenvalue weighted by Gasteiger charge is -2.22. The molecule has 0 aromatic rings. The summed E-state index contributed by atoms with van der Waals surface area (Å²) in [5.74, 6) is 0. The molecule has 0 amide bonds. The molecule has 0 aromatic carbocycles. The van der Waals surface area contributed by atoms with Crippen molar-refractivity contribution in [2.45, 2.75) is 44.8 Å². The van der Waals surface area contributed by atoms with Crippen LogP contribution in [0.3, 0.4) is 0 Å². The predicted molar refractivity (Wildman–Crippen MR) is 59.6 cm³/mol. The molecule has 1 aliphatic heterocycles. The Morgan fingerprint density at radius 1 is 1.27 bits per heavy atom. The Hall–Kier alpha value is -0.380. The second-order valence-electron chi connectivity index (χ2n) is 3.82. The maximum atomic E-state index is 8.51. The number of rotatable bonds is 7. The van der Waals surface area contributed by atoms with Gasteiger partial charge in [-0.1, -0.05) is 12.2 Å². The Balaban J connectivity index is 1.85. The van der Waals surface area contributed by atoms with Crippen molar-refractivity contribution >= 4 is 0 Å². The number of aliphatic hydroxyl groups is 1. The molecule has 3 heteroatoms. The first-order valence-electron chi connectivity index (χ1n) is 5.92. The summed E-state index contributed by atoms with van der Waals surface area (Å²) >= 11 is 0. The molecule has 1 saturated heterocycles. The van der Waals surface area contributed by atoms with Gasteiger partial charge in [-0.25, -0.2) is 0 Å². The zero-order valence-corrected chi connectivity index (χ0v) is 9.36. The van der Waals surface area contributed by atoms with Gasteiger partial charge in [0, 0.05) is 13.2 Å². The summed E-state index contributed by atoms with van der Waals surface area (Å²) in [5, 5.41) is 8.51. The lowest BCUT2D eigenvalue weighted by atomic mass is 10.2. The van der Waals surface area contributed by atoms with Gasteiger partial charge in [0.25, 0.3) is 0 Å². The van der Waals surface area contributed by atoms with Crippen LogP contribution in [-0.4, -0.2) is 31.2 Å². The van der Waals surface area contributed by atoms with Crippen molar-refractivity contribution in [3.63, 3.8) is 0 Å². The molecule has 0 saturated carbocycles. The van der Waals surface area contributed by atoms with Gasteiger partial charge in [-0.05, 0) is 38.5 Å². The lowest BCUT2D eigenvalue weighted by molar-refractivity contribution is -0.162. The number of hydrogen-bond donors (Lipinski definition) is 1. The van der Waals surface area contributed by atoms with Crippen LogP contribution in [0.1, 0.15) is 38.5 Å². The summed E-state index contributed by atoms with van der Waals surface area (Å²) in [5.41, 5.74) is 0. The first-order chi connectivity index (χ1) is 7.43. The fourth-order valence-corrected chi connectivity index (χ4v) is 1.61. The first kappa shape index (κ1) is 12.7. The molecule has 15 heavy (non-hydrogen) atoms. The van der Waals surface area contributed by atoms with Crippen molar-refractivity contribution in [1.29, 1.82) is 0 Å². The molecule has 0 bridgehead atoms. The third kappa shape index (κ3) is 6.66. The van der Waals surface area contributed by atoms with Crippen LogP contribution < -0.4 is 0 Å². The van der Waals surface area contributed by atoms with Crippen LogP contribution in [0.15, 0.2) is 12.2 Å². The van der Waals surface area contributed by atoms with Crippen LogP contribution in [0.25, 0.3) is 0 Å². The number of allylic oxidation sites excluding steroid dienone is 1. The molecular weight excluding hydrogens is 192 g/mol. The monoisotopic (exact) mass is 214 g/mol. The van der Waals surface area contributed by atoms with E-state index >= 15 is 0 Å². The fraction of sp³-hybridized carbons (Fsp3) is 0.833. The minimum absolute atomic E-state index is 0.0479. The SMILES string of the molecule is OCC=CCCCCOC1CCCCO1. The molecule has 0 radical (unpaired) electrons. The summed E-state index contributed by atoms with van der Waals surface area (Å²) in [7, 11) is 0. The molecule has 0 aliphatic carbocycles. The Labute approximate surface area is 92.1 Å². The van der Waals surface area contributed by atoms with E-state index in [2.05, 4.69) is 0 Å². The zero-order valence-electron chi connectivity index (χ0n) is 9.36. The molecular formula is C12H22O3. The van der Waals surface area contributed by atoms with E-state index < -0.39 is 0 Å². The van der Waals surface area contributed by atoms with Crippen molar-refractivity contribution in [2.75, 3.05) is 19.8 Å². The van der Waals surface area contributed by atoms with Crippen LogP contribution >= 0.6 is 0 Å². The molecule has 1 unspecified atom stereocenters. The van der Waals surface area contributed by atoms with E-state index in [1.54, 1.807) is 6.08 Å². The van der Waals surface area contributed by atoms with Crippen molar-refractivity contribution in [3.05, 3.63) is 12.2 Å². The smallest absolute Gasteiger partial charge is 0.157 e. The molecule has 0 spiro atoms. The van der Waals surface area contributed by atoms with Gasteiger partial charge < -0.3 is 14.6 Å². The van der Waals surface area contributed by atoms with Gasteiger partial charge in [-0.15, -0.1) is 0 Å². The van der Waals surface area contributed by atoms with Crippen molar-refractivity contribution in [3.8, 4) is 0 Å². The second-order valence-corrected chi connectivity index (χ2v) is 3.82. The highest BCUT2D eigenvalue weighted by Gasteiger charge is 2.12. The highest BCUT2D eigenvalue weighted by Crippen LogP contribution is 2.14. The van der Waals surface area contributed by atoms with Gasteiger partial charge in [0.2, 0.25) is 0 Å². The standard InChI is InChI=1S/C12H22O3/c13-9-5-2-1-3-6-10-14-12-8-4-7-11-15-12/h2,5,12-13H,1,3-4,6-11H2. The van der Waals surface area contributed by atoms with Crippen LogP contribution in [0.2, 0.25) is 0 Å². The molecule has 1 heterocycles. The van der Waals surface area contributed by atoms with Gasteiger partial charge in [0.05, 0.1) is 6.61 Å². The van der Waals surface area contributed by atoms with Crippen LogP contribution in [0.5, 0.6) is 0 Å². The first-order valence-corrected chi connectivity index (χ1v) is 5.92. The minimum Gasteiger partial charge on any atom is -0.392 e. The van der Waals surface area contributed by atoms with Crippen molar-refractivity contribution in [2.24, 2.45) is 0 Å². The lowest BCUT2D eigenvalue weighted by Crippen LogP contribution is -2.22. The summed E-state index contributed by atoms with van der Waals surface area (Å²) < 4.78 is 11.0. The number of ether oxygens (including phenoxy) is 2. The van der Waals surface area contributed by atoms with E-state index in [4.69, 9.17) is 14.6 Å². The Bertz CT molecular complexity index is 162. The molecule has 0 aromatic heterocycles. The highest BCUT2D eigenvalue weighted by molar-refractivity contribution is 4.80. The maximum absolute atomic E-state index is 8.51. The number of aliphatic hydroxyl groups excluding tert-OH is 1. The van der Waals surface area contributed by atoms with E-state index in [0.717, 1.165) is 38.9 Å². The average molecular weight is 214 g/mol. The summed E-state index contributed by atoms with van der Waals surface area (Å²) in [6.07, 6.45) is 10.5. The van der Waals surface area contributed by atoms with Crippen LogP contribution in [-0.2, 0) is 9.47 Å². The molecule has 3 nitrogen and oxygen atoms in total. The topological polar surface area (TPSA) is 38.7 Å². The third-order valence-electron chi connectivity index (χ3n) is 2.48. The summed E-state index contributed by atoms with van der Waals surface area (Å²) in [6, 6.07) is 0. The molecule has 88 valence electrons. The number of hydrogen-bond acceptors (Lipinski definition) is 3. The molecule has 1 N–H and O–H groups in total. The zero-order chi connectivity index (χ0) is 10.8. The van der Waals surface area contributed by atoms with Gasteiger partial charge >= 0.3 is 0 Å². The van der Waals surface area contributed by atoms with Crippen molar-refractivity contribution < 1.29 is 14.6 Å². The van der Waals surface area contributed by atoms with Gasteiger partial charge in [-0.3, -0.25) is 0 Å². The molecule has 1 fully saturated rings. The average Bonchev–Trinajstić information content (AvgIpc) is 2.29. The Kier molecular flexibility index (Phi) is 7.52. The molecule has 1 aliphatic rings.